The Morgan fingerprint density at radius 1 is 0.706 bits per heavy atom. The number of hydrogen-bond acceptors (Lipinski definition) is 4. The Bertz CT molecular complexity index is 665. The van der Waals surface area contributed by atoms with Crippen molar-refractivity contribution < 1.29 is 18.4 Å². The summed E-state index contributed by atoms with van der Waals surface area (Å²) in [5.74, 6) is 0. The van der Waals surface area contributed by atoms with Gasteiger partial charge in [0, 0.05) is 6.10 Å². The van der Waals surface area contributed by atoms with E-state index in [0.717, 1.165) is 12.0 Å². The molecule has 0 aliphatic carbocycles. The molecule has 0 aromatic heterocycles. The van der Waals surface area contributed by atoms with Crippen LogP contribution in [0.4, 0.5) is 0 Å². The van der Waals surface area contributed by atoms with Crippen molar-refractivity contribution in [3.05, 3.63) is 11.6 Å². The fraction of sp³-hybridized carbons (Fsp3) is 0.926. The third kappa shape index (κ3) is 9.94. The van der Waals surface area contributed by atoms with Crippen LogP contribution in [0.5, 0.6) is 0 Å². The summed E-state index contributed by atoms with van der Waals surface area (Å²) in [5, 5.41) is 10.2. The van der Waals surface area contributed by atoms with Gasteiger partial charge in [-0.05, 0) is 80.2 Å². The predicted octanol–water partition coefficient (Wildman–Crippen LogP) is 8.51. The maximum absolute atomic E-state index is 9.85. The molecule has 0 heterocycles. The molecule has 4 nitrogen and oxygen atoms in total. The molecule has 0 bridgehead atoms. The van der Waals surface area contributed by atoms with Crippen molar-refractivity contribution in [3.8, 4) is 0 Å². The Kier molecular flexibility index (Phi) is 11.8. The van der Waals surface area contributed by atoms with Crippen molar-refractivity contribution in [1.82, 2.24) is 0 Å². The van der Waals surface area contributed by atoms with Crippen LogP contribution in [-0.2, 0) is 13.3 Å². The van der Waals surface area contributed by atoms with Gasteiger partial charge in [-0.1, -0.05) is 68.4 Å². The first-order valence-corrected chi connectivity index (χ1v) is 21.8. The Hall–Kier alpha value is 0.231. The summed E-state index contributed by atoms with van der Waals surface area (Å²) in [6, 6.07) is 0. The molecule has 0 unspecified atom stereocenters. The second-order valence-electron chi connectivity index (χ2n) is 14.9. The monoisotopic (exact) mass is 532 g/mol. The highest BCUT2D eigenvalue weighted by atomic mass is 28.4. The molecule has 3 atom stereocenters. The normalized spacial score (nSPS) is 18.1. The zero-order chi connectivity index (χ0) is 27.6. The van der Waals surface area contributed by atoms with Gasteiger partial charge >= 0.3 is 0 Å². The molecule has 0 rings (SSSR count). The van der Waals surface area contributed by atoms with E-state index < -0.39 is 25.0 Å². The molecule has 7 heteroatoms. The predicted molar refractivity (Wildman–Crippen MR) is 157 cm³/mol. The molecule has 0 fully saturated rings. The molecular formula is C27H60O4Si3. The molecule has 0 spiro atoms. The van der Waals surface area contributed by atoms with Gasteiger partial charge in [0.2, 0.25) is 0 Å². The molecule has 34 heavy (non-hydrogen) atoms. The standard InChI is InChI=1S/C27H60O4Si3/c1-21(20-28)18-23(30-33(14,15)26(6,7)8)24(31-34(16,17)27(9,10)11)19-22(2)29-32(12,13)25(3,4)5/h18,22-24,28H,19-20H2,1-17H3/t22-,23+,24+/m1/s1. The van der Waals surface area contributed by atoms with Crippen LogP contribution in [0.25, 0.3) is 0 Å². The average molecular weight is 533 g/mol. The van der Waals surface area contributed by atoms with Crippen molar-refractivity contribution in [2.24, 2.45) is 0 Å². The Morgan fingerprint density at radius 2 is 1.06 bits per heavy atom. The van der Waals surface area contributed by atoms with E-state index in [1.165, 1.54) is 0 Å². The van der Waals surface area contributed by atoms with Gasteiger partial charge in [-0.3, -0.25) is 0 Å². The third-order valence-corrected chi connectivity index (χ3v) is 22.0. The van der Waals surface area contributed by atoms with Crippen molar-refractivity contribution >= 4 is 25.0 Å². The van der Waals surface area contributed by atoms with Gasteiger partial charge in [0.15, 0.2) is 25.0 Å². The first-order valence-electron chi connectivity index (χ1n) is 13.1. The fourth-order valence-corrected chi connectivity index (χ4v) is 6.98. The minimum Gasteiger partial charge on any atom is -0.414 e. The van der Waals surface area contributed by atoms with E-state index in [1.807, 2.05) is 6.92 Å². The highest BCUT2D eigenvalue weighted by Gasteiger charge is 2.45. The smallest absolute Gasteiger partial charge is 0.193 e. The van der Waals surface area contributed by atoms with Gasteiger partial charge in [-0.2, -0.15) is 0 Å². The maximum atomic E-state index is 9.85. The van der Waals surface area contributed by atoms with E-state index >= 15 is 0 Å². The van der Waals surface area contributed by atoms with E-state index in [2.05, 4.69) is 115 Å². The molecule has 0 amide bonds. The van der Waals surface area contributed by atoms with Gasteiger partial charge in [-0.15, -0.1) is 0 Å². The number of aliphatic hydroxyl groups excluding tert-OH is 1. The first-order chi connectivity index (χ1) is 14.8. The van der Waals surface area contributed by atoms with Crippen LogP contribution in [0.15, 0.2) is 11.6 Å². The summed E-state index contributed by atoms with van der Waals surface area (Å²) in [4.78, 5) is 0. The second kappa shape index (κ2) is 11.7. The molecular weight excluding hydrogens is 473 g/mol. The average Bonchev–Trinajstić information content (AvgIpc) is 2.56. The summed E-state index contributed by atoms with van der Waals surface area (Å²) in [7, 11) is -6.07. The van der Waals surface area contributed by atoms with Crippen LogP contribution in [-0.4, -0.2) is 55.0 Å². The van der Waals surface area contributed by atoms with Crippen LogP contribution in [0.1, 0.15) is 82.6 Å². The summed E-state index contributed by atoms with van der Waals surface area (Å²) in [5.41, 5.74) is 0.922. The number of hydrogen-bond donors (Lipinski definition) is 1. The summed E-state index contributed by atoms with van der Waals surface area (Å²) in [6.45, 7) is 38.5. The van der Waals surface area contributed by atoms with Gasteiger partial charge in [0.25, 0.3) is 0 Å². The lowest BCUT2D eigenvalue weighted by molar-refractivity contribution is 0.0291. The van der Waals surface area contributed by atoms with E-state index in [0.29, 0.717) is 0 Å². The molecule has 0 aromatic rings. The van der Waals surface area contributed by atoms with Gasteiger partial charge in [0.1, 0.15) is 0 Å². The molecule has 0 radical (unpaired) electrons. The van der Waals surface area contributed by atoms with Crippen LogP contribution >= 0.6 is 0 Å². The molecule has 1 N–H and O–H groups in total. The lowest BCUT2D eigenvalue weighted by Gasteiger charge is -2.46. The molecule has 204 valence electrons. The van der Waals surface area contributed by atoms with Crippen molar-refractivity contribution in [2.45, 2.75) is 155 Å². The van der Waals surface area contributed by atoms with Crippen LogP contribution in [0.3, 0.4) is 0 Å². The molecule has 0 aliphatic heterocycles. The molecule has 0 saturated carbocycles. The zero-order valence-electron chi connectivity index (χ0n) is 25.9. The highest BCUT2D eigenvalue weighted by Crippen LogP contribution is 2.42. The Labute approximate surface area is 216 Å². The first kappa shape index (κ1) is 34.2. The Morgan fingerprint density at radius 3 is 1.41 bits per heavy atom. The van der Waals surface area contributed by atoms with Crippen LogP contribution < -0.4 is 0 Å². The number of rotatable bonds is 11. The van der Waals surface area contributed by atoms with E-state index in [-0.39, 0.29) is 40.0 Å². The Balaban J connectivity index is 6.38. The lowest BCUT2D eigenvalue weighted by Crippen LogP contribution is -2.53. The molecule has 0 aliphatic rings. The van der Waals surface area contributed by atoms with Gasteiger partial charge < -0.3 is 18.4 Å². The second-order valence-corrected chi connectivity index (χ2v) is 29.1. The van der Waals surface area contributed by atoms with Gasteiger partial charge in [-0.25, -0.2) is 0 Å². The van der Waals surface area contributed by atoms with Crippen molar-refractivity contribution in [3.63, 3.8) is 0 Å². The summed E-state index contributed by atoms with van der Waals surface area (Å²) < 4.78 is 20.9. The van der Waals surface area contributed by atoms with Crippen LogP contribution in [0, 0.1) is 0 Å². The topological polar surface area (TPSA) is 47.9 Å². The fourth-order valence-electron chi connectivity index (χ4n) is 2.93. The quantitative estimate of drug-likeness (QED) is 0.214. The molecule has 0 aromatic carbocycles. The van der Waals surface area contributed by atoms with E-state index in [9.17, 15) is 5.11 Å². The summed E-state index contributed by atoms with van der Waals surface area (Å²) >= 11 is 0. The largest absolute Gasteiger partial charge is 0.414 e. The third-order valence-electron chi connectivity index (χ3n) is 8.42. The SMILES string of the molecule is CC(=C[C@H](O[Si](C)(C)C(C)(C)C)[C@H](C[C@@H](C)O[Si](C)(C)C(C)(C)C)O[Si](C)(C)C(C)(C)C)CO. The number of aliphatic hydroxyl groups is 1. The maximum Gasteiger partial charge on any atom is 0.193 e. The summed E-state index contributed by atoms with van der Waals surface area (Å²) in [6.07, 6.45) is 2.60. The van der Waals surface area contributed by atoms with E-state index in [4.69, 9.17) is 13.3 Å². The zero-order valence-corrected chi connectivity index (χ0v) is 28.9. The van der Waals surface area contributed by atoms with Gasteiger partial charge in [0.05, 0.1) is 18.8 Å². The molecule has 0 saturated heterocycles. The minimum atomic E-state index is -2.08. The van der Waals surface area contributed by atoms with Crippen molar-refractivity contribution in [2.75, 3.05) is 6.61 Å². The van der Waals surface area contributed by atoms with Crippen LogP contribution in [0.2, 0.25) is 54.4 Å². The highest BCUT2D eigenvalue weighted by molar-refractivity contribution is 6.75. The minimum absolute atomic E-state index is 0.0280. The lowest BCUT2D eigenvalue weighted by atomic mass is 10.1. The van der Waals surface area contributed by atoms with Crippen molar-refractivity contribution in [1.29, 1.82) is 0 Å². The van der Waals surface area contributed by atoms with E-state index in [1.54, 1.807) is 0 Å².